The number of hydrogen-bond acceptors (Lipinski definition) is 9. The van der Waals surface area contributed by atoms with Crippen molar-refractivity contribution in [2.45, 2.75) is 13.0 Å². The number of esters is 1. The minimum absolute atomic E-state index is 0.0230. The number of ketones is 1. The van der Waals surface area contributed by atoms with Crippen molar-refractivity contribution >= 4 is 11.8 Å². The van der Waals surface area contributed by atoms with Gasteiger partial charge in [-0.3, -0.25) is 9.59 Å². The molecule has 1 aliphatic rings. The average Bonchev–Trinajstić information content (AvgIpc) is 3.29. The normalized spacial score (nSPS) is 19.3. The van der Waals surface area contributed by atoms with Crippen LogP contribution >= 0.6 is 0 Å². The summed E-state index contributed by atoms with van der Waals surface area (Å²) in [5.41, 5.74) is 1.17. The molecule has 184 valence electrons. The van der Waals surface area contributed by atoms with Crippen LogP contribution in [0.1, 0.15) is 28.9 Å². The summed E-state index contributed by atoms with van der Waals surface area (Å²) in [6.45, 7) is 1.51. The van der Waals surface area contributed by atoms with E-state index in [9.17, 15) is 9.59 Å². The second kappa shape index (κ2) is 11.1. The van der Waals surface area contributed by atoms with Crippen LogP contribution in [0.15, 0.2) is 30.3 Å². The van der Waals surface area contributed by atoms with Crippen LogP contribution in [0.2, 0.25) is 0 Å². The van der Waals surface area contributed by atoms with Crippen molar-refractivity contribution in [1.29, 1.82) is 0 Å². The van der Waals surface area contributed by atoms with Gasteiger partial charge in [0.1, 0.15) is 0 Å². The molecule has 9 heteroatoms. The molecular weight excluding hydrogens is 444 g/mol. The lowest BCUT2D eigenvalue weighted by atomic mass is 9.83. The topological polar surface area (TPSA) is 98.8 Å². The van der Waals surface area contributed by atoms with Gasteiger partial charge in [-0.1, -0.05) is 6.07 Å². The lowest BCUT2D eigenvalue weighted by Gasteiger charge is -2.23. The number of rotatable bonds is 10. The second-order valence-corrected chi connectivity index (χ2v) is 7.72. The van der Waals surface area contributed by atoms with E-state index < -0.39 is 23.9 Å². The molecule has 0 radical (unpaired) electrons. The number of methoxy groups -OCH3 is 5. The highest BCUT2D eigenvalue weighted by atomic mass is 16.5. The molecule has 0 amide bonds. The Labute approximate surface area is 198 Å². The average molecular weight is 475 g/mol. The molecule has 1 aliphatic heterocycles. The van der Waals surface area contributed by atoms with Gasteiger partial charge in [-0.15, -0.1) is 0 Å². The third kappa shape index (κ3) is 5.04. The zero-order valence-corrected chi connectivity index (χ0v) is 20.2. The highest BCUT2D eigenvalue weighted by Crippen LogP contribution is 2.44. The molecule has 2 aromatic carbocycles. The molecule has 2 aromatic rings. The quantitative estimate of drug-likeness (QED) is 0.378. The maximum absolute atomic E-state index is 13.6. The summed E-state index contributed by atoms with van der Waals surface area (Å²) in [6.07, 6.45) is -0.491. The first-order valence-corrected chi connectivity index (χ1v) is 10.7. The number of ether oxygens (including phenoxy) is 7. The monoisotopic (exact) mass is 474 g/mol. The van der Waals surface area contributed by atoms with E-state index in [1.54, 1.807) is 38.5 Å². The fourth-order valence-corrected chi connectivity index (χ4v) is 4.16. The Morgan fingerprint density at radius 1 is 0.853 bits per heavy atom. The molecule has 0 aromatic heterocycles. The molecule has 3 atom stereocenters. The van der Waals surface area contributed by atoms with Crippen LogP contribution in [-0.2, 0) is 14.3 Å². The largest absolute Gasteiger partial charge is 0.493 e. The zero-order chi connectivity index (χ0) is 24.8. The van der Waals surface area contributed by atoms with Crippen molar-refractivity contribution in [2.24, 2.45) is 11.8 Å². The molecule has 1 heterocycles. The first-order chi connectivity index (χ1) is 16.4. The zero-order valence-electron chi connectivity index (χ0n) is 20.2. The summed E-state index contributed by atoms with van der Waals surface area (Å²) in [6, 6.07) is 8.64. The van der Waals surface area contributed by atoms with Gasteiger partial charge in [0.05, 0.1) is 60.8 Å². The Balaban J connectivity index is 1.97. The van der Waals surface area contributed by atoms with Crippen LogP contribution in [0.5, 0.6) is 28.7 Å². The van der Waals surface area contributed by atoms with Gasteiger partial charge in [-0.2, -0.15) is 0 Å². The van der Waals surface area contributed by atoms with Crippen LogP contribution in [0.3, 0.4) is 0 Å². The van der Waals surface area contributed by atoms with Gasteiger partial charge in [0, 0.05) is 18.4 Å². The Morgan fingerprint density at radius 3 is 2.00 bits per heavy atom. The third-order valence-electron chi connectivity index (χ3n) is 5.86. The van der Waals surface area contributed by atoms with Crippen LogP contribution in [0, 0.1) is 11.8 Å². The van der Waals surface area contributed by atoms with E-state index in [2.05, 4.69) is 0 Å². The lowest BCUT2D eigenvalue weighted by Crippen LogP contribution is -2.28. The second-order valence-electron chi connectivity index (χ2n) is 7.72. The molecule has 34 heavy (non-hydrogen) atoms. The number of benzene rings is 2. The Bertz CT molecular complexity index is 1010. The van der Waals surface area contributed by atoms with Crippen molar-refractivity contribution in [3.8, 4) is 28.7 Å². The van der Waals surface area contributed by atoms with Crippen LogP contribution in [0.25, 0.3) is 0 Å². The standard InChI is InChI=1S/C25H30O9/c1-14(26)33-13-18-17(12-34-24(18)15-7-8-19(28-2)20(9-15)29-3)23(27)16-10-21(30-4)25(32-6)22(11-16)31-5/h7-11,17-18,24H,12-13H2,1-6H3/t17-,18+,24+/m1/s1. The summed E-state index contributed by atoms with van der Waals surface area (Å²) in [5.74, 6) is 0.642. The molecule has 0 bridgehead atoms. The van der Waals surface area contributed by atoms with Gasteiger partial charge in [0.2, 0.25) is 5.75 Å². The molecule has 0 spiro atoms. The van der Waals surface area contributed by atoms with E-state index in [0.29, 0.717) is 34.3 Å². The number of carbonyl (C=O) groups excluding carboxylic acids is 2. The van der Waals surface area contributed by atoms with Gasteiger partial charge >= 0.3 is 5.97 Å². The molecule has 1 saturated heterocycles. The summed E-state index contributed by atoms with van der Waals surface area (Å²) in [5, 5.41) is 0. The predicted molar refractivity (Wildman–Crippen MR) is 122 cm³/mol. The Kier molecular flexibility index (Phi) is 8.22. The summed E-state index contributed by atoms with van der Waals surface area (Å²) in [4.78, 5) is 25.2. The lowest BCUT2D eigenvalue weighted by molar-refractivity contribution is -0.143. The number of carbonyl (C=O) groups is 2. The Morgan fingerprint density at radius 2 is 1.47 bits per heavy atom. The fourth-order valence-electron chi connectivity index (χ4n) is 4.16. The molecule has 0 N–H and O–H groups in total. The minimum atomic E-state index is -0.569. The van der Waals surface area contributed by atoms with Crippen molar-refractivity contribution in [3.05, 3.63) is 41.5 Å². The first-order valence-electron chi connectivity index (χ1n) is 10.7. The van der Waals surface area contributed by atoms with Gasteiger partial charge in [-0.25, -0.2) is 0 Å². The Hall–Kier alpha value is -3.46. The number of Topliss-reactive ketones (excluding diaryl/α,β-unsaturated/α-hetero) is 1. The maximum atomic E-state index is 13.6. The van der Waals surface area contributed by atoms with Crippen LogP contribution in [-0.4, -0.2) is 60.5 Å². The summed E-state index contributed by atoms with van der Waals surface area (Å²) in [7, 11) is 7.57. The summed E-state index contributed by atoms with van der Waals surface area (Å²) >= 11 is 0. The highest BCUT2D eigenvalue weighted by molar-refractivity contribution is 5.99. The molecule has 0 saturated carbocycles. The van der Waals surface area contributed by atoms with E-state index in [1.807, 2.05) is 6.07 Å². The predicted octanol–water partition coefficient (Wildman–Crippen LogP) is 3.48. The van der Waals surface area contributed by atoms with Crippen LogP contribution in [0.4, 0.5) is 0 Å². The fraction of sp³-hybridized carbons (Fsp3) is 0.440. The van der Waals surface area contributed by atoms with E-state index in [0.717, 1.165) is 5.56 Å². The van der Waals surface area contributed by atoms with Gasteiger partial charge in [0.25, 0.3) is 0 Å². The van der Waals surface area contributed by atoms with Gasteiger partial charge in [-0.05, 0) is 29.8 Å². The SMILES string of the molecule is COc1ccc([C@@H]2OC[C@@H](C(=O)c3cc(OC)c(OC)c(OC)c3)[C@@H]2COC(C)=O)cc1OC. The number of hydrogen-bond donors (Lipinski definition) is 0. The molecule has 1 fully saturated rings. The van der Waals surface area contributed by atoms with Crippen molar-refractivity contribution < 1.29 is 42.7 Å². The van der Waals surface area contributed by atoms with Crippen molar-refractivity contribution in [1.82, 2.24) is 0 Å². The van der Waals surface area contributed by atoms with E-state index in [-0.39, 0.29) is 19.0 Å². The van der Waals surface area contributed by atoms with Crippen molar-refractivity contribution in [2.75, 3.05) is 48.8 Å². The van der Waals surface area contributed by atoms with Gasteiger partial charge in [0.15, 0.2) is 28.8 Å². The van der Waals surface area contributed by atoms with E-state index in [4.69, 9.17) is 33.2 Å². The molecular formula is C25H30O9. The third-order valence-corrected chi connectivity index (χ3v) is 5.86. The minimum Gasteiger partial charge on any atom is -0.493 e. The molecule has 0 unspecified atom stereocenters. The molecule has 0 aliphatic carbocycles. The highest BCUT2D eigenvalue weighted by Gasteiger charge is 2.43. The maximum Gasteiger partial charge on any atom is 0.302 e. The summed E-state index contributed by atoms with van der Waals surface area (Å²) < 4.78 is 38.3. The van der Waals surface area contributed by atoms with E-state index >= 15 is 0 Å². The van der Waals surface area contributed by atoms with Gasteiger partial charge < -0.3 is 33.2 Å². The smallest absolute Gasteiger partial charge is 0.302 e. The molecule has 9 nitrogen and oxygen atoms in total. The molecule has 3 rings (SSSR count). The van der Waals surface area contributed by atoms with Crippen molar-refractivity contribution in [3.63, 3.8) is 0 Å². The first kappa shape index (κ1) is 25.2. The van der Waals surface area contributed by atoms with Crippen LogP contribution < -0.4 is 23.7 Å². The van der Waals surface area contributed by atoms with E-state index in [1.165, 1.54) is 28.3 Å².